The SMILES string of the molecule is CNc1nc(CN2CCC(C(=O)NCc3ccc(OC)cc3)CC2)cs1. The van der Waals surface area contributed by atoms with Gasteiger partial charge in [-0.05, 0) is 43.6 Å². The molecule has 0 unspecified atom stereocenters. The molecule has 0 saturated carbocycles. The predicted octanol–water partition coefficient (Wildman–Crippen LogP) is 2.72. The van der Waals surface area contributed by atoms with Gasteiger partial charge in [0, 0.05) is 31.4 Å². The lowest BCUT2D eigenvalue weighted by Crippen LogP contribution is -2.40. The summed E-state index contributed by atoms with van der Waals surface area (Å²) in [5.74, 6) is 1.09. The lowest BCUT2D eigenvalue weighted by atomic mass is 9.95. The van der Waals surface area contributed by atoms with E-state index in [2.05, 4.69) is 25.9 Å². The van der Waals surface area contributed by atoms with Gasteiger partial charge in [-0.2, -0.15) is 0 Å². The molecule has 1 fully saturated rings. The van der Waals surface area contributed by atoms with Crippen LogP contribution < -0.4 is 15.4 Å². The van der Waals surface area contributed by atoms with Crippen molar-refractivity contribution in [1.82, 2.24) is 15.2 Å². The van der Waals surface area contributed by atoms with Crippen molar-refractivity contribution in [3.05, 3.63) is 40.9 Å². The van der Waals surface area contributed by atoms with E-state index in [0.717, 1.165) is 54.6 Å². The Bertz CT molecular complexity index is 709. The number of aromatic nitrogens is 1. The minimum absolute atomic E-state index is 0.104. The molecule has 7 heteroatoms. The van der Waals surface area contributed by atoms with E-state index in [4.69, 9.17) is 4.74 Å². The fourth-order valence-corrected chi connectivity index (χ4v) is 3.82. The first-order chi connectivity index (χ1) is 12.7. The Kier molecular flexibility index (Phi) is 6.46. The Labute approximate surface area is 158 Å². The highest BCUT2D eigenvalue weighted by molar-refractivity contribution is 7.13. The molecule has 1 aromatic heterocycles. The maximum absolute atomic E-state index is 12.4. The zero-order valence-electron chi connectivity index (χ0n) is 15.3. The summed E-state index contributed by atoms with van der Waals surface area (Å²) in [5, 5.41) is 9.18. The van der Waals surface area contributed by atoms with E-state index in [-0.39, 0.29) is 11.8 Å². The smallest absolute Gasteiger partial charge is 0.223 e. The molecule has 1 aromatic carbocycles. The van der Waals surface area contributed by atoms with Gasteiger partial charge in [-0.15, -0.1) is 11.3 Å². The highest BCUT2D eigenvalue weighted by atomic mass is 32.1. The van der Waals surface area contributed by atoms with Gasteiger partial charge in [0.25, 0.3) is 0 Å². The van der Waals surface area contributed by atoms with Crippen LogP contribution in [-0.4, -0.2) is 43.0 Å². The number of carbonyl (C=O) groups is 1. The lowest BCUT2D eigenvalue weighted by molar-refractivity contribution is -0.126. The van der Waals surface area contributed by atoms with Gasteiger partial charge in [0.15, 0.2) is 5.13 Å². The largest absolute Gasteiger partial charge is 0.497 e. The Hall–Kier alpha value is -2.12. The van der Waals surface area contributed by atoms with Gasteiger partial charge in [-0.3, -0.25) is 9.69 Å². The number of nitrogens with zero attached hydrogens (tertiary/aromatic N) is 2. The minimum atomic E-state index is 0.104. The number of thiazole rings is 1. The second-order valence-corrected chi connectivity index (χ2v) is 7.37. The first-order valence-corrected chi connectivity index (χ1v) is 9.81. The molecule has 26 heavy (non-hydrogen) atoms. The molecular formula is C19H26N4O2S. The molecule has 1 amide bonds. The predicted molar refractivity (Wildman–Crippen MR) is 105 cm³/mol. The normalized spacial score (nSPS) is 15.6. The summed E-state index contributed by atoms with van der Waals surface area (Å²) in [6.07, 6.45) is 1.80. The van der Waals surface area contributed by atoms with Crippen molar-refractivity contribution in [3.8, 4) is 5.75 Å². The molecule has 2 N–H and O–H groups in total. The number of nitrogens with one attached hydrogen (secondary N) is 2. The number of methoxy groups -OCH3 is 1. The zero-order valence-corrected chi connectivity index (χ0v) is 16.1. The molecule has 6 nitrogen and oxygen atoms in total. The third-order valence-corrected chi connectivity index (χ3v) is 5.64. The molecule has 0 spiro atoms. The van der Waals surface area contributed by atoms with Crippen molar-refractivity contribution in [3.63, 3.8) is 0 Å². The lowest BCUT2D eigenvalue weighted by Gasteiger charge is -2.30. The van der Waals surface area contributed by atoms with Crippen LogP contribution >= 0.6 is 11.3 Å². The van der Waals surface area contributed by atoms with Gasteiger partial charge >= 0.3 is 0 Å². The van der Waals surface area contributed by atoms with Crippen LogP contribution in [0.15, 0.2) is 29.6 Å². The Morgan fingerprint density at radius 3 is 2.65 bits per heavy atom. The molecule has 0 atom stereocenters. The van der Waals surface area contributed by atoms with Crippen molar-refractivity contribution in [2.24, 2.45) is 5.92 Å². The minimum Gasteiger partial charge on any atom is -0.497 e. The summed E-state index contributed by atoms with van der Waals surface area (Å²) in [6, 6.07) is 7.79. The van der Waals surface area contributed by atoms with Gasteiger partial charge in [0.2, 0.25) is 5.91 Å². The average Bonchev–Trinajstić information content (AvgIpc) is 3.14. The molecule has 0 radical (unpaired) electrons. The highest BCUT2D eigenvalue weighted by Gasteiger charge is 2.25. The third kappa shape index (κ3) is 4.95. The molecule has 1 aliphatic rings. The van der Waals surface area contributed by atoms with Crippen LogP contribution in [0.2, 0.25) is 0 Å². The summed E-state index contributed by atoms with van der Waals surface area (Å²) in [5.41, 5.74) is 2.18. The number of amides is 1. The number of anilines is 1. The number of ether oxygens (including phenoxy) is 1. The van der Waals surface area contributed by atoms with E-state index >= 15 is 0 Å². The van der Waals surface area contributed by atoms with Crippen LogP contribution in [0.5, 0.6) is 5.75 Å². The average molecular weight is 375 g/mol. The van der Waals surface area contributed by atoms with E-state index in [1.807, 2.05) is 31.3 Å². The van der Waals surface area contributed by atoms with Gasteiger partial charge in [-0.1, -0.05) is 12.1 Å². The van der Waals surface area contributed by atoms with Crippen molar-refractivity contribution < 1.29 is 9.53 Å². The monoisotopic (exact) mass is 374 g/mol. The maximum Gasteiger partial charge on any atom is 0.223 e. The van der Waals surface area contributed by atoms with Crippen LogP contribution in [0, 0.1) is 5.92 Å². The fourth-order valence-electron chi connectivity index (χ4n) is 3.15. The van der Waals surface area contributed by atoms with E-state index in [9.17, 15) is 4.79 Å². The maximum atomic E-state index is 12.4. The molecule has 3 rings (SSSR count). The first kappa shape index (κ1) is 18.7. The number of rotatable bonds is 7. The van der Waals surface area contributed by atoms with E-state index in [1.165, 1.54) is 0 Å². The number of piperidine rings is 1. The summed E-state index contributed by atoms with van der Waals surface area (Å²) >= 11 is 1.63. The zero-order chi connectivity index (χ0) is 18.4. The third-order valence-electron chi connectivity index (χ3n) is 4.74. The van der Waals surface area contributed by atoms with E-state index in [1.54, 1.807) is 18.4 Å². The number of likely N-dealkylation sites (tertiary alicyclic amines) is 1. The number of benzene rings is 1. The van der Waals surface area contributed by atoms with Gasteiger partial charge in [0.1, 0.15) is 5.75 Å². The Balaban J connectivity index is 1.41. The first-order valence-electron chi connectivity index (χ1n) is 8.93. The van der Waals surface area contributed by atoms with Crippen LogP contribution in [0.3, 0.4) is 0 Å². The second kappa shape index (κ2) is 9.00. The van der Waals surface area contributed by atoms with Crippen molar-refractivity contribution >= 4 is 22.4 Å². The number of hydrogen-bond acceptors (Lipinski definition) is 6. The van der Waals surface area contributed by atoms with Crippen LogP contribution in [-0.2, 0) is 17.9 Å². The van der Waals surface area contributed by atoms with Gasteiger partial charge in [0.05, 0.1) is 12.8 Å². The van der Waals surface area contributed by atoms with Crippen molar-refractivity contribution in [2.75, 3.05) is 32.6 Å². The number of carbonyl (C=O) groups excluding carboxylic acids is 1. The van der Waals surface area contributed by atoms with Gasteiger partial charge in [-0.25, -0.2) is 4.98 Å². The molecule has 140 valence electrons. The summed E-state index contributed by atoms with van der Waals surface area (Å²) in [4.78, 5) is 19.3. The topological polar surface area (TPSA) is 66.5 Å². The summed E-state index contributed by atoms with van der Waals surface area (Å²) in [6.45, 7) is 3.30. The quantitative estimate of drug-likeness (QED) is 0.780. The second-order valence-electron chi connectivity index (χ2n) is 6.51. The van der Waals surface area contributed by atoms with Crippen molar-refractivity contribution in [1.29, 1.82) is 0 Å². The van der Waals surface area contributed by atoms with Crippen LogP contribution in [0.1, 0.15) is 24.1 Å². The summed E-state index contributed by atoms with van der Waals surface area (Å²) < 4.78 is 5.15. The number of hydrogen-bond donors (Lipinski definition) is 2. The Morgan fingerprint density at radius 1 is 1.31 bits per heavy atom. The van der Waals surface area contributed by atoms with E-state index < -0.39 is 0 Å². The molecule has 1 saturated heterocycles. The fraction of sp³-hybridized carbons (Fsp3) is 0.474. The molecule has 2 heterocycles. The Morgan fingerprint density at radius 2 is 2.04 bits per heavy atom. The molecule has 2 aromatic rings. The van der Waals surface area contributed by atoms with Crippen LogP contribution in [0.25, 0.3) is 0 Å². The standard InChI is InChI=1S/C19H26N4O2S/c1-20-19-22-16(13-26-19)12-23-9-7-15(8-10-23)18(24)21-11-14-3-5-17(25-2)6-4-14/h3-6,13,15H,7-12H2,1-2H3,(H,20,22)(H,21,24). The highest BCUT2D eigenvalue weighted by Crippen LogP contribution is 2.21. The molecular weight excluding hydrogens is 348 g/mol. The summed E-state index contributed by atoms with van der Waals surface area (Å²) in [7, 11) is 3.54. The molecule has 0 bridgehead atoms. The van der Waals surface area contributed by atoms with E-state index in [0.29, 0.717) is 6.54 Å². The van der Waals surface area contributed by atoms with Crippen molar-refractivity contribution in [2.45, 2.75) is 25.9 Å². The van der Waals surface area contributed by atoms with Gasteiger partial charge < -0.3 is 15.4 Å². The van der Waals surface area contributed by atoms with Crippen LogP contribution in [0.4, 0.5) is 5.13 Å². The molecule has 1 aliphatic heterocycles. The molecule has 0 aliphatic carbocycles.